The van der Waals surface area contributed by atoms with Crippen LogP contribution in [0.5, 0.6) is 0 Å². The lowest BCUT2D eigenvalue weighted by atomic mass is 9.96. The topological polar surface area (TPSA) is 80.4 Å². The molecule has 0 aliphatic carbocycles. The third kappa shape index (κ3) is 2.67. The van der Waals surface area contributed by atoms with E-state index in [0.29, 0.717) is 6.42 Å². The van der Waals surface area contributed by atoms with Gasteiger partial charge < -0.3 is 10.8 Å². The highest BCUT2D eigenvalue weighted by molar-refractivity contribution is 5.87. The van der Waals surface area contributed by atoms with E-state index in [1.165, 1.54) is 6.92 Å². The zero-order valence-electron chi connectivity index (χ0n) is 6.70. The summed E-state index contributed by atoms with van der Waals surface area (Å²) in [6, 6.07) is -1.07. The molecule has 0 spiro atoms. The molecule has 0 aromatic heterocycles. The average Bonchev–Trinajstić information content (AvgIpc) is 2.00. The molecule has 0 bridgehead atoms. The van der Waals surface area contributed by atoms with Crippen LogP contribution in [0.25, 0.3) is 0 Å². The molecular formula is C7H13NO3. The van der Waals surface area contributed by atoms with Crippen molar-refractivity contribution in [3.63, 3.8) is 0 Å². The summed E-state index contributed by atoms with van der Waals surface area (Å²) < 4.78 is 0. The van der Waals surface area contributed by atoms with Crippen molar-refractivity contribution in [2.75, 3.05) is 0 Å². The molecule has 3 N–H and O–H groups in total. The zero-order chi connectivity index (χ0) is 9.02. The van der Waals surface area contributed by atoms with Crippen molar-refractivity contribution in [1.82, 2.24) is 0 Å². The van der Waals surface area contributed by atoms with E-state index in [2.05, 4.69) is 0 Å². The second-order valence-corrected chi connectivity index (χ2v) is 2.47. The van der Waals surface area contributed by atoms with Crippen LogP contribution < -0.4 is 5.73 Å². The number of hydrogen-bond acceptors (Lipinski definition) is 3. The second kappa shape index (κ2) is 4.08. The molecule has 0 fully saturated rings. The highest BCUT2D eigenvalue weighted by Crippen LogP contribution is 2.04. The number of carboxylic acid groups (broad SMARTS) is 1. The predicted octanol–water partition coefficient (Wildman–Crippen LogP) is 0.0135. The van der Waals surface area contributed by atoms with Crippen molar-refractivity contribution in [2.45, 2.75) is 26.3 Å². The van der Waals surface area contributed by atoms with Crippen molar-refractivity contribution in [1.29, 1.82) is 0 Å². The van der Waals surface area contributed by atoms with Gasteiger partial charge in [-0.3, -0.25) is 9.59 Å². The Morgan fingerprint density at radius 3 is 2.27 bits per heavy atom. The van der Waals surface area contributed by atoms with Gasteiger partial charge in [-0.2, -0.15) is 0 Å². The number of carboxylic acids is 1. The predicted molar refractivity (Wildman–Crippen MR) is 40.1 cm³/mol. The van der Waals surface area contributed by atoms with E-state index in [1.807, 2.05) is 0 Å². The van der Waals surface area contributed by atoms with Crippen LogP contribution in [0.15, 0.2) is 0 Å². The van der Waals surface area contributed by atoms with Crippen LogP contribution in [0.3, 0.4) is 0 Å². The number of carbonyl (C=O) groups excluding carboxylic acids is 1. The van der Waals surface area contributed by atoms with Gasteiger partial charge in [-0.15, -0.1) is 0 Å². The van der Waals surface area contributed by atoms with E-state index in [-0.39, 0.29) is 5.78 Å². The molecule has 0 amide bonds. The van der Waals surface area contributed by atoms with Crippen LogP contribution in [-0.2, 0) is 9.59 Å². The van der Waals surface area contributed by atoms with Crippen molar-refractivity contribution in [3.8, 4) is 0 Å². The minimum absolute atomic E-state index is 0.111. The monoisotopic (exact) mass is 159 g/mol. The van der Waals surface area contributed by atoms with Gasteiger partial charge in [0.25, 0.3) is 0 Å². The molecule has 0 heterocycles. The number of carbonyl (C=O) groups is 2. The Balaban J connectivity index is 4.12. The minimum Gasteiger partial charge on any atom is -0.480 e. The van der Waals surface area contributed by atoms with Gasteiger partial charge in [0, 0.05) is 12.3 Å². The maximum atomic E-state index is 10.9. The first kappa shape index (κ1) is 10.1. The lowest BCUT2D eigenvalue weighted by molar-refractivity contribution is -0.142. The standard InChI is InChI=1S/C7H13NO3/c1-3-5(9)4(2)6(8)7(10)11/h4,6H,3,8H2,1-2H3,(H,10,11). The summed E-state index contributed by atoms with van der Waals surface area (Å²) in [6.07, 6.45) is 0.335. The minimum atomic E-state index is -1.13. The van der Waals surface area contributed by atoms with Gasteiger partial charge in [-0.05, 0) is 0 Å². The molecule has 64 valence electrons. The lowest BCUT2D eigenvalue weighted by Gasteiger charge is -2.12. The third-order valence-corrected chi connectivity index (χ3v) is 1.68. The van der Waals surface area contributed by atoms with E-state index in [4.69, 9.17) is 10.8 Å². The van der Waals surface area contributed by atoms with Crippen molar-refractivity contribution in [3.05, 3.63) is 0 Å². The average molecular weight is 159 g/mol. The fourth-order valence-corrected chi connectivity index (χ4v) is 0.736. The smallest absolute Gasteiger partial charge is 0.321 e. The van der Waals surface area contributed by atoms with Crippen LogP contribution in [0.2, 0.25) is 0 Å². The molecule has 2 atom stereocenters. The fraction of sp³-hybridized carbons (Fsp3) is 0.714. The number of Topliss-reactive ketones (excluding diaryl/α,β-unsaturated/α-hetero) is 1. The Kier molecular flexibility index (Phi) is 3.74. The van der Waals surface area contributed by atoms with E-state index in [9.17, 15) is 9.59 Å². The van der Waals surface area contributed by atoms with Crippen LogP contribution in [0.1, 0.15) is 20.3 Å². The molecule has 11 heavy (non-hydrogen) atoms. The molecule has 0 aromatic rings. The lowest BCUT2D eigenvalue weighted by Crippen LogP contribution is -2.40. The number of ketones is 1. The largest absolute Gasteiger partial charge is 0.480 e. The molecule has 4 heteroatoms. The first-order valence-electron chi connectivity index (χ1n) is 3.51. The second-order valence-electron chi connectivity index (χ2n) is 2.47. The van der Waals surface area contributed by atoms with Gasteiger partial charge >= 0.3 is 5.97 Å². The molecule has 2 unspecified atom stereocenters. The third-order valence-electron chi connectivity index (χ3n) is 1.68. The summed E-state index contributed by atoms with van der Waals surface area (Å²) in [6.45, 7) is 3.22. The Morgan fingerprint density at radius 2 is 2.00 bits per heavy atom. The molecule has 0 rings (SSSR count). The van der Waals surface area contributed by atoms with Gasteiger partial charge in [0.15, 0.2) is 0 Å². The maximum absolute atomic E-state index is 10.9. The highest BCUT2D eigenvalue weighted by atomic mass is 16.4. The Hall–Kier alpha value is -0.900. The number of rotatable bonds is 4. The molecule has 4 nitrogen and oxygen atoms in total. The molecule has 0 saturated heterocycles. The Labute approximate surface area is 65.4 Å². The molecule has 0 aromatic carbocycles. The molecular weight excluding hydrogens is 146 g/mol. The van der Waals surface area contributed by atoms with Crippen LogP contribution in [-0.4, -0.2) is 22.9 Å². The SMILES string of the molecule is CCC(=O)C(C)C(N)C(=O)O. The molecule has 0 aliphatic heterocycles. The number of nitrogens with two attached hydrogens (primary N) is 1. The van der Waals surface area contributed by atoms with E-state index < -0.39 is 17.9 Å². The summed E-state index contributed by atoms with van der Waals surface area (Å²) in [5, 5.41) is 8.42. The quantitative estimate of drug-likeness (QED) is 0.605. The van der Waals surface area contributed by atoms with Crippen LogP contribution in [0, 0.1) is 5.92 Å². The molecule has 0 saturated carbocycles. The maximum Gasteiger partial charge on any atom is 0.321 e. The highest BCUT2D eigenvalue weighted by Gasteiger charge is 2.24. The zero-order valence-corrected chi connectivity index (χ0v) is 6.70. The van der Waals surface area contributed by atoms with Gasteiger partial charge in [0.2, 0.25) is 0 Å². The van der Waals surface area contributed by atoms with E-state index >= 15 is 0 Å². The molecule has 0 radical (unpaired) electrons. The Morgan fingerprint density at radius 1 is 1.55 bits per heavy atom. The molecule has 0 aliphatic rings. The van der Waals surface area contributed by atoms with Crippen LogP contribution in [0.4, 0.5) is 0 Å². The number of aliphatic carboxylic acids is 1. The van der Waals surface area contributed by atoms with Crippen molar-refractivity contribution >= 4 is 11.8 Å². The summed E-state index contributed by atoms with van der Waals surface area (Å²) in [5.41, 5.74) is 5.22. The summed E-state index contributed by atoms with van der Waals surface area (Å²) in [7, 11) is 0. The summed E-state index contributed by atoms with van der Waals surface area (Å²) in [5.74, 6) is -1.82. The van der Waals surface area contributed by atoms with E-state index in [1.54, 1.807) is 6.92 Å². The first-order chi connectivity index (χ1) is 5.00. The normalized spacial score (nSPS) is 15.5. The summed E-state index contributed by atoms with van der Waals surface area (Å²) in [4.78, 5) is 21.2. The van der Waals surface area contributed by atoms with Gasteiger partial charge in [0.1, 0.15) is 11.8 Å². The van der Waals surface area contributed by atoms with Gasteiger partial charge in [-0.1, -0.05) is 13.8 Å². The first-order valence-corrected chi connectivity index (χ1v) is 3.51. The van der Waals surface area contributed by atoms with Gasteiger partial charge in [0.05, 0.1) is 0 Å². The van der Waals surface area contributed by atoms with E-state index in [0.717, 1.165) is 0 Å². The summed E-state index contributed by atoms with van der Waals surface area (Å²) >= 11 is 0. The Bertz CT molecular complexity index is 167. The van der Waals surface area contributed by atoms with Crippen molar-refractivity contribution in [2.24, 2.45) is 11.7 Å². The van der Waals surface area contributed by atoms with Crippen LogP contribution >= 0.6 is 0 Å². The van der Waals surface area contributed by atoms with Gasteiger partial charge in [-0.25, -0.2) is 0 Å². The fourth-order valence-electron chi connectivity index (χ4n) is 0.736. The van der Waals surface area contributed by atoms with Crippen molar-refractivity contribution < 1.29 is 14.7 Å². The number of hydrogen-bond donors (Lipinski definition) is 2.